The standard InChI is InChI=1S/C21H17NO2/c23-17-8-3-7-15-20(17)19-14-6-2-1-5-13(14)10-11-16(19)22-21(15)18-9-4-12-24-18/h1-2,4-6,9-12,21-22H,3,7-8H2/t21-/m1/s1. The topological polar surface area (TPSA) is 42.2 Å². The molecule has 0 radical (unpaired) electrons. The zero-order chi connectivity index (χ0) is 16.1. The van der Waals surface area contributed by atoms with Gasteiger partial charge in [0, 0.05) is 23.2 Å². The van der Waals surface area contributed by atoms with Crippen molar-refractivity contribution in [2.24, 2.45) is 0 Å². The zero-order valence-corrected chi connectivity index (χ0v) is 13.2. The van der Waals surface area contributed by atoms with Crippen molar-refractivity contribution in [2.75, 3.05) is 5.32 Å². The maximum Gasteiger partial charge on any atom is 0.163 e. The number of fused-ring (bicyclic) bond motifs is 4. The molecular weight excluding hydrogens is 298 g/mol. The molecule has 3 heteroatoms. The third-order valence-electron chi connectivity index (χ3n) is 5.10. The lowest BCUT2D eigenvalue weighted by Gasteiger charge is -2.34. The maximum atomic E-state index is 12.8. The molecule has 1 N–H and O–H groups in total. The summed E-state index contributed by atoms with van der Waals surface area (Å²) >= 11 is 0. The lowest BCUT2D eigenvalue weighted by Crippen LogP contribution is -2.25. The first-order valence-corrected chi connectivity index (χ1v) is 8.41. The minimum Gasteiger partial charge on any atom is -0.467 e. The molecule has 0 fully saturated rings. The number of nitrogens with one attached hydrogen (secondary N) is 1. The van der Waals surface area contributed by atoms with Crippen molar-refractivity contribution in [1.82, 2.24) is 0 Å². The molecule has 5 rings (SSSR count). The number of rotatable bonds is 1. The molecule has 118 valence electrons. The normalized spacial score (nSPS) is 19.8. The number of carbonyl (C=O) groups is 1. The van der Waals surface area contributed by atoms with Crippen LogP contribution in [0.4, 0.5) is 5.69 Å². The lowest BCUT2D eigenvalue weighted by molar-refractivity contribution is -0.114. The van der Waals surface area contributed by atoms with Gasteiger partial charge in [-0.2, -0.15) is 0 Å². The predicted molar refractivity (Wildman–Crippen MR) is 94.8 cm³/mol. The second kappa shape index (κ2) is 5.10. The maximum absolute atomic E-state index is 12.8. The highest BCUT2D eigenvalue weighted by Crippen LogP contribution is 2.47. The van der Waals surface area contributed by atoms with Gasteiger partial charge >= 0.3 is 0 Å². The average Bonchev–Trinajstić information content (AvgIpc) is 3.15. The fourth-order valence-electron chi connectivity index (χ4n) is 4.06. The van der Waals surface area contributed by atoms with Crippen LogP contribution in [0, 0.1) is 0 Å². The number of allylic oxidation sites excluding steroid dienone is 1. The van der Waals surface area contributed by atoms with Crippen LogP contribution in [0.2, 0.25) is 0 Å². The summed E-state index contributed by atoms with van der Waals surface area (Å²) in [5.74, 6) is 1.13. The Bertz CT molecular complexity index is 982. The van der Waals surface area contributed by atoms with E-state index < -0.39 is 0 Å². The highest BCUT2D eigenvalue weighted by atomic mass is 16.3. The Balaban J connectivity index is 1.83. The second-order valence-corrected chi connectivity index (χ2v) is 6.48. The summed E-state index contributed by atoms with van der Waals surface area (Å²) < 4.78 is 5.65. The van der Waals surface area contributed by atoms with E-state index in [9.17, 15) is 4.79 Å². The van der Waals surface area contributed by atoms with Crippen LogP contribution in [0.5, 0.6) is 0 Å². The third kappa shape index (κ3) is 1.88. The first-order chi connectivity index (χ1) is 11.8. The van der Waals surface area contributed by atoms with Crippen LogP contribution < -0.4 is 5.32 Å². The molecule has 1 aliphatic heterocycles. The number of anilines is 1. The SMILES string of the molecule is O=C1CCCC2=C1c1c(ccc3ccccc13)N[C@H]2c1ccco1. The van der Waals surface area contributed by atoms with Crippen LogP contribution in [0.25, 0.3) is 16.3 Å². The van der Waals surface area contributed by atoms with Gasteiger partial charge in [0.2, 0.25) is 0 Å². The number of hydrogen-bond donors (Lipinski definition) is 1. The van der Waals surface area contributed by atoms with E-state index in [2.05, 4.69) is 29.6 Å². The van der Waals surface area contributed by atoms with Gasteiger partial charge in [-0.1, -0.05) is 30.3 Å². The number of hydrogen-bond acceptors (Lipinski definition) is 3. The molecule has 0 bridgehead atoms. The van der Waals surface area contributed by atoms with E-state index in [0.717, 1.165) is 40.8 Å². The fraction of sp³-hybridized carbons (Fsp3) is 0.190. The molecule has 24 heavy (non-hydrogen) atoms. The number of carbonyl (C=O) groups excluding carboxylic acids is 1. The van der Waals surface area contributed by atoms with E-state index in [-0.39, 0.29) is 11.8 Å². The number of Topliss-reactive ketones (excluding diaryl/α,β-unsaturated/α-hetero) is 1. The molecule has 0 spiro atoms. The van der Waals surface area contributed by atoms with E-state index in [1.807, 2.05) is 24.3 Å². The molecule has 2 aromatic carbocycles. The van der Waals surface area contributed by atoms with Crippen molar-refractivity contribution in [2.45, 2.75) is 25.3 Å². The quantitative estimate of drug-likeness (QED) is 0.679. The van der Waals surface area contributed by atoms with Gasteiger partial charge in [0.15, 0.2) is 5.78 Å². The molecular formula is C21H17NO2. The smallest absolute Gasteiger partial charge is 0.163 e. The molecule has 1 atom stereocenters. The van der Waals surface area contributed by atoms with Crippen molar-refractivity contribution in [3.05, 3.63) is 71.7 Å². The highest BCUT2D eigenvalue weighted by molar-refractivity contribution is 6.27. The molecule has 2 heterocycles. The Kier molecular flexibility index (Phi) is 2.89. The molecule has 0 saturated heterocycles. The summed E-state index contributed by atoms with van der Waals surface area (Å²) in [6, 6.07) is 16.3. The number of ketones is 1. The fourth-order valence-corrected chi connectivity index (χ4v) is 4.06. The summed E-state index contributed by atoms with van der Waals surface area (Å²) in [5.41, 5.74) is 4.16. The minimum absolute atomic E-state index is 0.0482. The van der Waals surface area contributed by atoms with Crippen LogP contribution in [-0.2, 0) is 4.79 Å². The molecule has 1 aliphatic carbocycles. The first-order valence-electron chi connectivity index (χ1n) is 8.41. The average molecular weight is 315 g/mol. The van der Waals surface area contributed by atoms with Gasteiger partial charge < -0.3 is 9.73 Å². The molecule has 3 aromatic rings. The molecule has 2 aliphatic rings. The first kappa shape index (κ1) is 13.6. The minimum atomic E-state index is -0.0482. The largest absolute Gasteiger partial charge is 0.467 e. The monoisotopic (exact) mass is 315 g/mol. The van der Waals surface area contributed by atoms with Crippen LogP contribution in [0.1, 0.15) is 36.6 Å². The van der Waals surface area contributed by atoms with Gasteiger partial charge in [0.25, 0.3) is 0 Å². The van der Waals surface area contributed by atoms with Crippen molar-refractivity contribution >= 4 is 27.8 Å². The summed E-state index contributed by atoms with van der Waals surface area (Å²) in [4.78, 5) is 12.8. The molecule has 0 unspecified atom stereocenters. The Morgan fingerprint density at radius 3 is 2.79 bits per heavy atom. The third-order valence-corrected chi connectivity index (χ3v) is 5.10. The summed E-state index contributed by atoms with van der Waals surface area (Å²) in [6.45, 7) is 0. The number of furan rings is 1. The summed E-state index contributed by atoms with van der Waals surface area (Å²) in [6.07, 6.45) is 4.17. The van der Waals surface area contributed by atoms with Gasteiger partial charge in [0.05, 0.1) is 6.26 Å². The van der Waals surface area contributed by atoms with Crippen molar-refractivity contribution < 1.29 is 9.21 Å². The molecule has 1 aromatic heterocycles. The lowest BCUT2D eigenvalue weighted by atomic mass is 9.78. The Morgan fingerprint density at radius 2 is 1.92 bits per heavy atom. The zero-order valence-electron chi connectivity index (χ0n) is 13.2. The highest BCUT2D eigenvalue weighted by Gasteiger charge is 2.35. The van der Waals surface area contributed by atoms with Crippen molar-refractivity contribution in [3.63, 3.8) is 0 Å². The van der Waals surface area contributed by atoms with Crippen LogP contribution in [0.15, 0.2) is 64.8 Å². The van der Waals surface area contributed by atoms with Crippen LogP contribution >= 0.6 is 0 Å². The van der Waals surface area contributed by atoms with E-state index in [1.54, 1.807) is 6.26 Å². The van der Waals surface area contributed by atoms with Crippen molar-refractivity contribution in [3.8, 4) is 0 Å². The van der Waals surface area contributed by atoms with E-state index >= 15 is 0 Å². The van der Waals surface area contributed by atoms with Gasteiger partial charge in [0.1, 0.15) is 11.8 Å². The van der Waals surface area contributed by atoms with Gasteiger partial charge in [-0.25, -0.2) is 0 Å². The van der Waals surface area contributed by atoms with Gasteiger partial charge in [-0.15, -0.1) is 0 Å². The van der Waals surface area contributed by atoms with Crippen LogP contribution in [0.3, 0.4) is 0 Å². The van der Waals surface area contributed by atoms with Crippen LogP contribution in [-0.4, -0.2) is 5.78 Å². The van der Waals surface area contributed by atoms with E-state index in [4.69, 9.17) is 4.42 Å². The molecule has 0 saturated carbocycles. The number of benzene rings is 2. The Morgan fingerprint density at radius 1 is 1.00 bits per heavy atom. The van der Waals surface area contributed by atoms with E-state index in [1.165, 1.54) is 11.0 Å². The van der Waals surface area contributed by atoms with E-state index in [0.29, 0.717) is 6.42 Å². The molecule has 0 amide bonds. The summed E-state index contributed by atoms with van der Waals surface area (Å²) in [7, 11) is 0. The summed E-state index contributed by atoms with van der Waals surface area (Å²) in [5, 5.41) is 5.92. The van der Waals surface area contributed by atoms with Gasteiger partial charge in [-0.3, -0.25) is 4.79 Å². The second-order valence-electron chi connectivity index (χ2n) is 6.48. The predicted octanol–water partition coefficient (Wildman–Crippen LogP) is 5.11. The van der Waals surface area contributed by atoms with Gasteiger partial charge in [-0.05, 0) is 47.4 Å². The molecule has 3 nitrogen and oxygen atoms in total. The van der Waals surface area contributed by atoms with Crippen molar-refractivity contribution in [1.29, 1.82) is 0 Å². The Labute approximate surface area is 140 Å². The Hall–Kier alpha value is -2.81.